The molecule has 0 saturated carbocycles. The fraction of sp³-hybridized carbons (Fsp3) is 0.529. The molecular formula is C17H24FN3O5S. The molecule has 10 heteroatoms. The Kier molecular flexibility index (Phi) is 7.28. The van der Waals surface area contributed by atoms with Crippen molar-refractivity contribution in [1.29, 1.82) is 0 Å². The maximum atomic E-state index is 13.1. The number of benzene rings is 1. The second-order valence-electron chi connectivity index (χ2n) is 6.56. The molecule has 1 aliphatic heterocycles. The molecule has 150 valence electrons. The van der Waals surface area contributed by atoms with Gasteiger partial charge in [-0.25, -0.2) is 12.8 Å². The van der Waals surface area contributed by atoms with E-state index in [9.17, 15) is 22.4 Å². The average molecular weight is 401 g/mol. The zero-order valence-corrected chi connectivity index (χ0v) is 16.1. The van der Waals surface area contributed by atoms with Gasteiger partial charge in [-0.05, 0) is 36.6 Å². The van der Waals surface area contributed by atoms with Gasteiger partial charge in [-0.2, -0.15) is 4.31 Å². The predicted octanol–water partition coefficient (Wildman–Crippen LogP) is 0.451. The van der Waals surface area contributed by atoms with Gasteiger partial charge in [0.25, 0.3) is 0 Å². The Bertz CT molecular complexity index is 767. The van der Waals surface area contributed by atoms with Crippen molar-refractivity contribution in [2.24, 2.45) is 5.92 Å². The van der Waals surface area contributed by atoms with Crippen LogP contribution in [0, 0.1) is 11.7 Å². The summed E-state index contributed by atoms with van der Waals surface area (Å²) in [5.41, 5.74) is 0. The van der Waals surface area contributed by atoms with Gasteiger partial charge in [-0.15, -0.1) is 0 Å². The van der Waals surface area contributed by atoms with Crippen LogP contribution in [0.3, 0.4) is 0 Å². The van der Waals surface area contributed by atoms with Crippen LogP contribution in [0.4, 0.5) is 4.39 Å². The van der Waals surface area contributed by atoms with Gasteiger partial charge in [0.2, 0.25) is 10.0 Å². The van der Waals surface area contributed by atoms with Crippen molar-refractivity contribution < 1.29 is 27.1 Å². The second-order valence-corrected chi connectivity index (χ2v) is 8.45. The Balaban J connectivity index is 2.03. The largest absolute Gasteiger partial charge is 0.360 e. The van der Waals surface area contributed by atoms with E-state index in [1.807, 2.05) is 13.8 Å². The third-order valence-electron chi connectivity index (χ3n) is 3.89. The van der Waals surface area contributed by atoms with Gasteiger partial charge in [0.05, 0.1) is 18.0 Å². The van der Waals surface area contributed by atoms with E-state index < -0.39 is 33.9 Å². The number of ether oxygens (including phenoxy) is 1. The summed E-state index contributed by atoms with van der Waals surface area (Å²) < 4.78 is 45.2. The molecule has 1 heterocycles. The summed E-state index contributed by atoms with van der Waals surface area (Å²) in [5.74, 6) is -1.99. The van der Waals surface area contributed by atoms with Crippen LogP contribution in [0.2, 0.25) is 0 Å². The fourth-order valence-electron chi connectivity index (χ4n) is 2.48. The van der Waals surface area contributed by atoms with Crippen LogP contribution in [-0.2, 0) is 24.3 Å². The summed E-state index contributed by atoms with van der Waals surface area (Å²) in [6.07, 6.45) is -0.463. The first-order valence-corrected chi connectivity index (χ1v) is 10.1. The number of halogens is 1. The summed E-state index contributed by atoms with van der Waals surface area (Å²) in [4.78, 5) is 23.5. The van der Waals surface area contributed by atoms with Gasteiger partial charge in [0.15, 0.2) is 0 Å². The monoisotopic (exact) mass is 401 g/mol. The third-order valence-corrected chi connectivity index (χ3v) is 5.79. The van der Waals surface area contributed by atoms with Crippen LogP contribution >= 0.6 is 0 Å². The minimum absolute atomic E-state index is 0.0691. The number of hydrogen-bond acceptors (Lipinski definition) is 5. The Morgan fingerprint density at radius 3 is 2.48 bits per heavy atom. The molecule has 2 rings (SSSR count). The van der Waals surface area contributed by atoms with E-state index in [2.05, 4.69) is 10.6 Å². The summed E-state index contributed by atoms with van der Waals surface area (Å²) in [6, 6.07) is 4.48. The summed E-state index contributed by atoms with van der Waals surface area (Å²) >= 11 is 0. The van der Waals surface area contributed by atoms with Crippen molar-refractivity contribution in [2.75, 3.05) is 26.2 Å². The zero-order chi connectivity index (χ0) is 20.0. The van der Waals surface area contributed by atoms with Crippen LogP contribution in [0.25, 0.3) is 0 Å². The second kappa shape index (κ2) is 9.25. The van der Waals surface area contributed by atoms with E-state index >= 15 is 0 Å². The lowest BCUT2D eigenvalue weighted by molar-refractivity contribution is -0.140. The van der Waals surface area contributed by atoms with E-state index in [-0.39, 0.29) is 23.9 Å². The number of hydrogen-bond donors (Lipinski definition) is 2. The minimum atomic E-state index is -3.93. The molecule has 1 aliphatic rings. The van der Waals surface area contributed by atoms with Crippen molar-refractivity contribution in [1.82, 2.24) is 14.9 Å². The maximum absolute atomic E-state index is 13.1. The molecule has 1 aromatic rings. The number of nitrogens with zero attached hydrogens (tertiary/aromatic N) is 1. The van der Waals surface area contributed by atoms with E-state index in [1.165, 1.54) is 12.1 Å². The van der Waals surface area contributed by atoms with Crippen molar-refractivity contribution >= 4 is 21.8 Å². The van der Waals surface area contributed by atoms with E-state index in [0.717, 1.165) is 16.4 Å². The molecule has 8 nitrogen and oxygen atoms in total. The molecule has 1 saturated heterocycles. The lowest BCUT2D eigenvalue weighted by Crippen LogP contribution is -2.53. The smallest absolute Gasteiger partial charge is 0.309 e. The van der Waals surface area contributed by atoms with Crippen LogP contribution in [0.1, 0.15) is 20.3 Å². The molecular weight excluding hydrogens is 377 g/mol. The molecule has 1 atom stereocenters. The van der Waals surface area contributed by atoms with E-state index in [4.69, 9.17) is 4.74 Å². The fourth-order valence-corrected chi connectivity index (χ4v) is 4.05. The van der Waals surface area contributed by atoms with Crippen LogP contribution in [-0.4, -0.2) is 57.0 Å². The van der Waals surface area contributed by atoms with Crippen molar-refractivity contribution in [3.8, 4) is 0 Å². The third kappa shape index (κ3) is 5.72. The molecule has 0 spiro atoms. The Labute approximate surface area is 158 Å². The number of rotatable bonds is 6. The van der Waals surface area contributed by atoms with Crippen LogP contribution < -0.4 is 10.6 Å². The highest BCUT2D eigenvalue weighted by molar-refractivity contribution is 7.89. The van der Waals surface area contributed by atoms with Crippen molar-refractivity contribution in [2.45, 2.75) is 31.4 Å². The summed E-state index contributed by atoms with van der Waals surface area (Å²) in [6.45, 7) is 4.50. The molecule has 27 heavy (non-hydrogen) atoms. The normalized spacial score (nSPS) is 18.3. The van der Waals surface area contributed by atoms with Gasteiger partial charge in [-0.3, -0.25) is 9.59 Å². The molecule has 0 unspecified atom stereocenters. The molecule has 0 radical (unpaired) electrons. The van der Waals surface area contributed by atoms with Crippen molar-refractivity contribution in [3.63, 3.8) is 0 Å². The van der Waals surface area contributed by atoms with Crippen molar-refractivity contribution in [3.05, 3.63) is 30.1 Å². The lowest BCUT2D eigenvalue weighted by atomic mass is 10.2. The topological polar surface area (TPSA) is 105 Å². The van der Waals surface area contributed by atoms with Gasteiger partial charge in [0, 0.05) is 13.1 Å². The molecule has 1 fully saturated rings. The van der Waals surface area contributed by atoms with Gasteiger partial charge >= 0.3 is 11.8 Å². The first-order chi connectivity index (χ1) is 12.7. The van der Waals surface area contributed by atoms with Crippen LogP contribution in [0.5, 0.6) is 0 Å². The first kappa shape index (κ1) is 21.3. The number of carbonyl (C=O) groups excluding carboxylic acids is 2. The quantitative estimate of drug-likeness (QED) is 0.674. The molecule has 0 bridgehead atoms. The number of amides is 2. The highest BCUT2D eigenvalue weighted by Crippen LogP contribution is 2.22. The molecule has 2 amide bonds. The van der Waals surface area contributed by atoms with E-state index in [1.54, 1.807) is 0 Å². The lowest BCUT2D eigenvalue weighted by Gasteiger charge is -2.34. The molecule has 1 aromatic carbocycles. The SMILES string of the molecule is CC(C)CNC(=O)C(=O)NC[C@@H]1OCCCN1S(=O)(=O)c1ccc(F)cc1. The highest BCUT2D eigenvalue weighted by atomic mass is 32.2. The predicted molar refractivity (Wildman–Crippen MR) is 95.5 cm³/mol. The molecule has 0 aromatic heterocycles. The van der Waals surface area contributed by atoms with Gasteiger partial charge in [-0.1, -0.05) is 13.8 Å². The highest BCUT2D eigenvalue weighted by Gasteiger charge is 2.34. The molecule has 0 aliphatic carbocycles. The van der Waals surface area contributed by atoms with Gasteiger partial charge in [0.1, 0.15) is 12.0 Å². The van der Waals surface area contributed by atoms with E-state index in [0.29, 0.717) is 19.6 Å². The van der Waals surface area contributed by atoms with Crippen LogP contribution in [0.15, 0.2) is 29.2 Å². The maximum Gasteiger partial charge on any atom is 0.309 e. The number of sulfonamides is 1. The Morgan fingerprint density at radius 2 is 1.85 bits per heavy atom. The average Bonchev–Trinajstić information content (AvgIpc) is 2.64. The first-order valence-electron chi connectivity index (χ1n) is 8.67. The summed E-state index contributed by atoms with van der Waals surface area (Å²) in [7, 11) is -3.93. The van der Waals surface area contributed by atoms with Gasteiger partial charge < -0.3 is 15.4 Å². The summed E-state index contributed by atoms with van der Waals surface area (Å²) in [5, 5.41) is 4.88. The Hall–Kier alpha value is -2.04. The molecule has 2 N–H and O–H groups in total. The standard InChI is InChI=1S/C17H24FN3O5S/c1-12(2)10-19-16(22)17(23)20-11-15-21(8-3-9-26-15)27(24,25)14-6-4-13(18)5-7-14/h4-7,12,15H,3,8-11H2,1-2H3,(H,19,22)(H,20,23)/t15-/m0/s1. The Morgan fingerprint density at radius 1 is 1.22 bits per heavy atom. The number of carbonyl (C=O) groups is 2. The zero-order valence-electron chi connectivity index (χ0n) is 15.3. The number of nitrogens with one attached hydrogen (secondary N) is 2. The minimum Gasteiger partial charge on any atom is -0.360 e.